The normalized spacial score (nSPS) is 13.4. The van der Waals surface area contributed by atoms with Gasteiger partial charge in [-0.15, -0.1) is 0 Å². The summed E-state index contributed by atoms with van der Waals surface area (Å²) < 4.78 is 31.9. The molecule has 0 aliphatic carbocycles. The molecule has 108 valence electrons. The van der Waals surface area contributed by atoms with Crippen molar-refractivity contribution in [3.05, 3.63) is 35.9 Å². The van der Waals surface area contributed by atoms with Gasteiger partial charge in [-0.05, 0) is 24.8 Å². The molecule has 0 heterocycles. The highest BCUT2D eigenvalue weighted by molar-refractivity contribution is 7.85. The average molecular weight is 304 g/mol. The van der Waals surface area contributed by atoms with Crippen molar-refractivity contribution in [3.8, 4) is 0 Å². The molecule has 0 aliphatic rings. The van der Waals surface area contributed by atoms with E-state index in [-0.39, 0.29) is 12.7 Å². The molecule has 0 aliphatic heterocycles. The summed E-state index contributed by atoms with van der Waals surface area (Å²) in [5.74, 6) is 0.352. The Labute approximate surface area is 120 Å². The van der Waals surface area contributed by atoms with E-state index in [1.807, 2.05) is 30.3 Å². The van der Waals surface area contributed by atoms with Crippen LogP contribution in [-0.4, -0.2) is 33.3 Å². The number of benzene rings is 1. The first-order valence-electron chi connectivity index (χ1n) is 6.12. The Bertz CT molecular complexity index is 445. The Balaban J connectivity index is 2.36. The summed E-state index contributed by atoms with van der Waals surface area (Å²) in [5.41, 5.74) is 1.19. The summed E-state index contributed by atoms with van der Waals surface area (Å²) in [6.07, 6.45) is 3.26. The molecule has 1 rings (SSSR count). The third-order valence-electron chi connectivity index (χ3n) is 2.58. The number of rotatable bonds is 9. The van der Waals surface area contributed by atoms with Crippen LogP contribution in [0.2, 0.25) is 0 Å². The van der Waals surface area contributed by atoms with E-state index in [0.717, 1.165) is 19.1 Å². The first-order valence-corrected chi connectivity index (χ1v) is 8.57. The fourth-order valence-electron chi connectivity index (χ4n) is 1.75. The molecule has 6 heteroatoms. The Morgan fingerprint density at radius 3 is 2.53 bits per heavy atom. The van der Waals surface area contributed by atoms with Crippen molar-refractivity contribution in [2.45, 2.75) is 25.4 Å². The minimum absolute atomic E-state index is 0.0306. The van der Waals surface area contributed by atoms with Gasteiger partial charge in [0.1, 0.15) is 0 Å². The molecule has 1 atom stereocenters. The number of thiol groups is 1. The monoisotopic (exact) mass is 304 g/mol. The van der Waals surface area contributed by atoms with Crippen molar-refractivity contribution < 1.29 is 17.3 Å². The molecule has 0 radical (unpaired) electrons. The lowest BCUT2D eigenvalue weighted by Crippen LogP contribution is -2.17. The first kappa shape index (κ1) is 16.5. The Morgan fingerprint density at radius 1 is 1.26 bits per heavy atom. The van der Waals surface area contributed by atoms with Crippen molar-refractivity contribution in [3.63, 3.8) is 0 Å². The molecule has 0 aromatic heterocycles. The summed E-state index contributed by atoms with van der Waals surface area (Å²) in [7, 11) is -3.35. The maximum absolute atomic E-state index is 10.8. The zero-order valence-corrected chi connectivity index (χ0v) is 12.7. The molecule has 0 unspecified atom stereocenters. The van der Waals surface area contributed by atoms with Crippen molar-refractivity contribution in [1.29, 1.82) is 0 Å². The zero-order valence-electron chi connectivity index (χ0n) is 11.0. The predicted molar refractivity (Wildman–Crippen MR) is 78.9 cm³/mol. The van der Waals surface area contributed by atoms with E-state index >= 15 is 0 Å². The fourth-order valence-corrected chi connectivity index (χ4v) is 2.38. The van der Waals surface area contributed by atoms with E-state index in [1.54, 1.807) is 0 Å². The molecule has 0 N–H and O–H groups in total. The molecule has 0 saturated carbocycles. The number of hydrogen-bond acceptors (Lipinski definition) is 5. The van der Waals surface area contributed by atoms with Gasteiger partial charge in [-0.2, -0.15) is 21.0 Å². The number of ether oxygens (including phenoxy) is 1. The lowest BCUT2D eigenvalue weighted by molar-refractivity contribution is 0.0790. The maximum Gasteiger partial charge on any atom is 0.264 e. The topological polar surface area (TPSA) is 52.6 Å². The van der Waals surface area contributed by atoms with E-state index in [4.69, 9.17) is 8.92 Å². The van der Waals surface area contributed by atoms with E-state index in [0.29, 0.717) is 12.4 Å². The molecule has 1 aromatic carbocycles. The van der Waals surface area contributed by atoms with Crippen LogP contribution in [0.5, 0.6) is 0 Å². The second-order valence-electron chi connectivity index (χ2n) is 4.28. The first-order chi connectivity index (χ1) is 9.01. The van der Waals surface area contributed by atoms with Crippen LogP contribution >= 0.6 is 12.6 Å². The molecular weight excluding hydrogens is 284 g/mol. The van der Waals surface area contributed by atoms with Crippen LogP contribution in [0, 0.1) is 0 Å². The minimum atomic E-state index is -3.35. The van der Waals surface area contributed by atoms with E-state index < -0.39 is 10.1 Å². The van der Waals surface area contributed by atoms with Crippen LogP contribution in [0.15, 0.2) is 30.3 Å². The molecule has 19 heavy (non-hydrogen) atoms. The van der Waals surface area contributed by atoms with Gasteiger partial charge in [0.15, 0.2) is 0 Å². The average Bonchev–Trinajstić information content (AvgIpc) is 2.35. The maximum atomic E-state index is 10.8. The second-order valence-corrected chi connectivity index (χ2v) is 6.18. The summed E-state index contributed by atoms with van der Waals surface area (Å²) in [5, 5.41) is 0. The van der Waals surface area contributed by atoms with Crippen LogP contribution in [0.25, 0.3) is 0 Å². The van der Waals surface area contributed by atoms with Gasteiger partial charge in [0, 0.05) is 0 Å². The molecule has 0 bridgehead atoms. The van der Waals surface area contributed by atoms with Crippen LogP contribution in [0.4, 0.5) is 0 Å². The van der Waals surface area contributed by atoms with Gasteiger partial charge in [0.25, 0.3) is 10.1 Å². The van der Waals surface area contributed by atoms with Crippen molar-refractivity contribution in [2.75, 3.05) is 18.8 Å². The van der Waals surface area contributed by atoms with Crippen LogP contribution in [0.3, 0.4) is 0 Å². The highest BCUT2D eigenvalue weighted by Crippen LogP contribution is 2.12. The van der Waals surface area contributed by atoms with Gasteiger partial charge in [-0.25, -0.2) is 0 Å². The van der Waals surface area contributed by atoms with Gasteiger partial charge in [0.2, 0.25) is 0 Å². The third-order valence-corrected chi connectivity index (χ3v) is 3.33. The quantitative estimate of drug-likeness (QED) is 0.329. The van der Waals surface area contributed by atoms with Crippen molar-refractivity contribution in [2.24, 2.45) is 0 Å². The SMILES string of the molecule is CS(=O)(=O)OCCC[C@H](Cc1ccccc1)OCS. The van der Waals surface area contributed by atoms with Crippen LogP contribution in [-0.2, 0) is 25.5 Å². The van der Waals surface area contributed by atoms with Gasteiger partial charge < -0.3 is 4.74 Å². The molecule has 4 nitrogen and oxygen atoms in total. The molecule has 0 amide bonds. The fraction of sp³-hybridized carbons (Fsp3) is 0.538. The smallest absolute Gasteiger partial charge is 0.264 e. The number of hydrogen-bond donors (Lipinski definition) is 1. The third kappa shape index (κ3) is 8.26. The van der Waals surface area contributed by atoms with E-state index in [2.05, 4.69) is 12.6 Å². The summed E-state index contributed by atoms with van der Waals surface area (Å²) >= 11 is 4.07. The highest BCUT2D eigenvalue weighted by atomic mass is 32.2. The van der Waals surface area contributed by atoms with Crippen molar-refractivity contribution in [1.82, 2.24) is 0 Å². The second kappa shape index (κ2) is 8.58. The standard InChI is InChI=1S/C13H20O4S2/c1-19(14,15)17-9-5-8-13(16-11-18)10-12-6-3-2-4-7-12/h2-4,6-7,13,18H,5,8-11H2,1H3/t13-/m1/s1. The van der Waals surface area contributed by atoms with Gasteiger partial charge in [0.05, 0.1) is 24.9 Å². The predicted octanol–water partition coefficient (Wildman–Crippen LogP) is 2.26. The van der Waals surface area contributed by atoms with Gasteiger partial charge in [-0.3, -0.25) is 4.18 Å². The molecular formula is C13H20O4S2. The lowest BCUT2D eigenvalue weighted by atomic mass is 10.0. The van der Waals surface area contributed by atoms with Gasteiger partial charge in [-0.1, -0.05) is 30.3 Å². The Hall–Kier alpha value is -0.560. The minimum Gasteiger partial charge on any atom is -0.368 e. The molecule has 0 spiro atoms. The molecule has 1 aromatic rings. The Morgan fingerprint density at radius 2 is 1.95 bits per heavy atom. The van der Waals surface area contributed by atoms with E-state index in [1.165, 1.54) is 5.56 Å². The molecule has 0 fully saturated rings. The van der Waals surface area contributed by atoms with Crippen LogP contribution in [0.1, 0.15) is 18.4 Å². The van der Waals surface area contributed by atoms with Crippen LogP contribution < -0.4 is 0 Å². The summed E-state index contributed by atoms with van der Waals surface area (Å²) in [6, 6.07) is 10.0. The zero-order chi connectivity index (χ0) is 14.1. The molecule has 0 saturated heterocycles. The lowest BCUT2D eigenvalue weighted by Gasteiger charge is -2.16. The summed E-state index contributed by atoms with van der Waals surface area (Å²) in [4.78, 5) is 0. The summed E-state index contributed by atoms with van der Waals surface area (Å²) in [6.45, 7) is 0.194. The van der Waals surface area contributed by atoms with Gasteiger partial charge >= 0.3 is 0 Å². The Kier molecular flexibility index (Phi) is 7.45. The largest absolute Gasteiger partial charge is 0.368 e. The van der Waals surface area contributed by atoms with Crippen molar-refractivity contribution >= 4 is 22.7 Å². The van der Waals surface area contributed by atoms with E-state index in [9.17, 15) is 8.42 Å². The highest BCUT2D eigenvalue weighted by Gasteiger charge is 2.10.